The van der Waals surface area contributed by atoms with Gasteiger partial charge in [0.15, 0.2) is 0 Å². The van der Waals surface area contributed by atoms with Gasteiger partial charge in [0.25, 0.3) is 0 Å². The summed E-state index contributed by atoms with van der Waals surface area (Å²) in [5.74, 6) is 0. The summed E-state index contributed by atoms with van der Waals surface area (Å²) in [5, 5.41) is 2.59. The first kappa shape index (κ1) is 18.2. The summed E-state index contributed by atoms with van der Waals surface area (Å²) in [5.41, 5.74) is 4.54. The average Bonchev–Trinajstić information content (AvgIpc) is 3.12. The van der Waals surface area contributed by atoms with Gasteiger partial charge in [0, 0.05) is 41.7 Å². The number of hydrogen-bond donors (Lipinski definition) is 0. The van der Waals surface area contributed by atoms with E-state index in [2.05, 4.69) is 118 Å². The largest absolute Gasteiger partial charge is 0.310 e. The number of para-hydroxylation sites is 1. The Hall–Kier alpha value is -2.88. The minimum absolute atomic E-state index is 1.12. The number of benzene rings is 4. The van der Waals surface area contributed by atoms with Gasteiger partial charge in [-0.05, 0) is 60.2 Å². The summed E-state index contributed by atoms with van der Waals surface area (Å²) in [7, 11) is 0. The zero-order valence-electron chi connectivity index (χ0n) is 15.7. The van der Waals surface area contributed by atoms with Crippen molar-refractivity contribution in [1.82, 2.24) is 0 Å². The van der Waals surface area contributed by atoms with Crippen LogP contribution in [0, 0.1) is 0 Å². The zero-order valence-corrected chi connectivity index (χ0v) is 18.1. The second kappa shape index (κ2) is 7.51. The van der Waals surface area contributed by atoms with E-state index in [1.165, 1.54) is 20.2 Å². The second-order valence-corrected chi connectivity index (χ2v) is 8.89. The second-order valence-electron chi connectivity index (χ2n) is 6.89. The lowest BCUT2D eigenvalue weighted by Gasteiger charge is -2.25. The maximum absolute atomic E-state index is 3.87. The Bertz CT molecular complexity index is 1320. The molecular weight excluding hydrogens is 438 g/mol. The normalized spacial score (nSPS) is 11.1. The van der Waals surface area contributed by atoms with Crippen LogP contribution in [0.4, 0.5) is 17.1 Å². The maximum Gasteiger partial charge on any atom is 0.0468 e. The number of hydrogen-bond acceptors (Lipinski definition) is 2. The summed E-state index contributed by atoms with van der Waals surface area (Å²) >= 11 is 5.42. The van der Waals surface area contributed by atoms with E-state index in [-0.39, 0.29) is 0 Å². The van der Waals surface area contributed by atoms with Crippen LogP contribution in [0.1, 0.15) is 5.56 Å². The molecule has 5 aromatic rings. The molecule has 140 valence electrons. The third-order valence-corrected chi connectivity index (χ3v) is 6.70. The van der Waals surface area contributed by atoms with E-state index in [0.717, 1.165) is 27.1 Å². The number of nitrogens with zero attached hydrogens (tertiary/aromatic N) is 1. The highest BCUT2D eigenvalue weighted by molar-refractivity contribution is 9.10. The van der Waals surface area contributed by atoms with E-state index in [4.69, 9.17) is 0 Å². The van der Waals surface area contributed by atoms with Crippen molar-refractivity contribution in [2.75, 3.05) is 4.90 Å². The molecule has 1 heterocycles. The predicted molar refractivity (Wildman–Crippen MR) is 132 cm³/mol. The minimum atomic E-state index is 1.12. The molecule has 1 nitrogen and oxygen atoms in total. The highest BCUT2D eigenvalue weighted by Crippen LogP contribution is 2.41. The van der Waals surface area contributed by atoms with Crippen molar-refractivity contribution in [2.24, 2.45) is 0 Å². The van der Waals surface area contributed by atoms with Gasteiger partial charge in [-0.3, -0.25) is 0 Å². The molecule has 0 unspecified atom stereocenters. The first-order chi connectivity index (χ1) is 14.2. The Labute approximate surface area is 182 Å². The standard InChI is InChI=1S/C26H18BrNS/c1-2-18-8-11-21(12-9-18)28(20-6-4-3-5-7-20)22-13-15-25-24(17-22)23-14-10-19(27)16-26(23)29-25/h2-17H,1H2. The van der Waals surface area contributed by atoms with Crippen LogP contribution in [0.5, 0.6) is 0 Å². The molecule has 0 radical (unpaired) electrons. The molecule has 1 aromatic heterocycles. The quantitative estimate of drug-likeness (QED) is 0.261. The molecule has 0 amide bonds. The number of halogens is 1. The summed E-state index contributed by atoms with van der Waals surface area (Å²) in [6.07, 6.45) is 1.87. The first-order valence-electron chi connectivity index (χ1n) is 9.42. The molecule has 0 saturated carbocycles. The molecular formula is C26H18BrNS. The molecule has 29 heavy (non-hydrogen) atoms. The van der Waals surface area contributed by atoms with Gasteiger partial charge >= 0.3 is 0 Å². The third kappa shape index (κ3) is 3.37. The molecule has 0 spiro atoms. The minimum Gasteiger partial charge on any atom is -0.310 e. The number of anilines is 3. The molecule has 0 N–H and O–H groups in total. The molecule has 3 heteroatoms. The van der Waals surface area contributed by atoms with Crippen molar-refractivity contribution < 1.29 is 0 Å². The van der Waals surface area contributed by atoms with Crippen molar-refractivity contribution in [3.63, 3.8) is 0 Å². The van der Waals surface area contributed by atoms with Gasteiger partial charge in [-0.25, -0.2) is 0 Å². The molecule has 5 rings (SSSR count). The third-order valence-electron chi connectivity index (χ3n) is 5.08. The van der Waals surface area contributed by atoms with E-state index < -0.39 is 0 Å². The lowest BCUT2D eigenvalue weighted by molar-refractivity contribution is 1.29. The van der Waals surface area contributed by atoms with Crippen LogP contribution in [-0.4, -0.2) is 0 Å². The molecule has 0 aliphatic rings. The van der Waals surface area contributed by atoms with Gasteiger partial charge in [-0.15, -0.1) is 11.3 Å². The monoisotopic (exact) mass is 455 g/mol. The van der Waals surface area contributed by atoms with Crippen LogP contribution in [0.3, 0.4) is 0 Å². The van der Waals surface area contributed by atoms with Gasteiger partial charge in [0.05, 0.1) is 0 Å². The fraction of sp³-hybridized carbons (Fsp3) is 0. The van der Waals surface area contributed by atoms with E-state index in [9.17, 15) is 0 Å². The molecule has 0 fully saturated rings. The predicted octanol–water partition coefficient (Wildman–Crippen LogP) is 8.93. The lowest BCUT2D eigenvalue weighted by Crippen LogP contribution is -2.09. The molecule has 4 aromatic carbocycles. The number of rotatable bonds is 4. The highest BCUT2D eigenvalue weighted by atomic mass is 79.9. The Kier molecular flexibility index (Phi) is 4.70. The van der Waals surface area contributed by atoms with Crippen LogP contribution in [-0.2, 0) is 0 Å². The Morgan fingerprint density at radius 1 is 0.690 bits per heavy atom. The van der Waals surface area contributed by atoms with Crippen LogP contribution < -0.4 is 4.90 Å². The number of thiophene rings is 1. The van der Waals surface area contributed by atoms with Gasteiger partial charge in [-0.1, -0.05) is 65.0 Å². The van der Waals surface area contributed by atoms with E-state index in [1.807, 2.05) is 17.4 Å². The van der Waals surface area contributed by atoms with Crippen molar-refractivity contribution in [1.29, 1.82) is 0 Å². The van der Waals surface area contributed by atoms with Gasteiger partial charge in [-0.2, -0.15) is 0 Å². The SMILES string of the molecule is C=Cc1ccc(N(c2ccccc2)c2ccc3sc4cc(Br)ccc4c3c2)cc1. The van der Waals surface area contributed by atoms with E-state index in [1.54, 1.807) is 0 Å². The summed E-state index contributed by atoms with van der Waals surface area (Å²) in [6.45, 7) is 3.87. The number of fused-ring (bicyclic) bond motifs is 3. The fourth-order valence-electron chi connectivity index (χ4n) is 3.66. The zero-order chi connectivity index (χ0) is 19.8. The average molecular weight is 456 g/mol. The highest BCUT2D eigenvalue weighted by Gasteiger charge is 2.14. The molecule has 0 saturated heterocycles. The van der Waals surface area contributed by atoms with Crippen LogP contribution in [0.15, 0.2) is 102 Å². The molecule has 0 aliphatic heterocycles. The van der Waals surface area contributed by atoms with Gasteiger partial charge < -0.3 is 4.90 Å². The molecule has 0 aliphatic carbocycles. The lowest BCUT2D eigenvalue weighted by atomic mass is 10.1. The molecule has 0 atom stereocenters. The topological polar surface area (TPSA) is 3.24 Å². The molecule has 0 bridgehead atoms. The smallest absolute Gasteiger partial charge is 0.0468 e. The Morgan fingerprint density at radius 2 is 1.41 bits per heavy atom. The van der Waals surface area contributed by atoms with Gasteiger partial charge in [0.1, 0.15) is 0 Å². The Balaban J connectivity index is 1.71. The maximum atomic E-state index is 3.87. The summed E-state index contributed by atoms with van der Waals surface area (Å²) in [4.78, 5) is 2.30. The van der Waals surface area contributed by atoms with Crippen molar-refractivity contribution >= 4 is 70.6 Å². The van der Waals surface area contributed by atoms with Crippen LogP contribution >= 0.6 is 27.3 Å². The summed E-state index contributed by atoms with van der Waals surface area (Å²) < 4.78 is 3.72. The van der Waals surface area contributed by atoms with Gasteiger partial charge in [0.2, 0.25) is 0 Å². The van der Waals surface area contributed by atoms with Crippen LogP contribution in [0.25, 0.3) is 26.2 Å². The fourth-order valence-corrected chi connectivity index (χ4v) is 5.30. The van der Waals surface area contributed by atoms with Crippen molar-refractivity contribution in [3.05, 3.63) is 108 Å². The summed E-state index contributed by atoms with van der Waals surface area (Å²) in [6, 6.07) is 32.3. The van der Waals surface area contributed by atoms with E-state index in [0.29, 0.717) is 0 Å². The first-order valence-corrected chi connectivity index (χ1v) is 11.0. The van der Waals surface area contributed by atoms with Crippen molar-refractivity contribution in [3.8, 4) is 0 Å². The van der Waals surface area contributed by atoms with Crippen molar-refractivity contribution in [2.45, 2.75) is 0 Å². The Morgan fingerprint density at radius 3 is 2.17 bits per heavy atom. The van der Waals surface area contributed by atoms with E-state index >= 15 is 0 Å². The van der Waals surface area contributed by atoms with Crippen LogP contribution in [0.2, 0.25) is 0 Å².